The molecule has 0 atom stereocenters. The van der Waals surface area contributed by atoms with Gasteiger partial charge in [-0.1, -0.05) is 30.3 Å². The zero-order valence-electron chi connectivity index (χ0n) is 15.6. The predicted molar refractivity (Wildman–Crippen MR) is 106 cm³/mol. The van der Waals surface area contributed by atoms with Gasteiger partial charge in [-0.3, -0.25) is 10.1 Å². The van der Waals surface area contributed by atoms with E-state index in [1.165, 1.54) is 6.07 Å². The monoisotopic (exact) mass is 393 g/mol. The molecule has 1 saturated heterocycles. The van der Waals surface area contributed by atoms with Gasteiger partial charge in [0.1, 0.15) is 5.69 Å². The smallest absolute Gasteiger partial charge is 0.338 e. The Balaban J connectivity index is 1.45. The number of hydrogen-bond donors (Lipinski definition) is 0. The Morgan fingerprint density at radius 2 is 1.93 bits per heavy atom. The second-order valence-electron chi connectivity index (χ2n) is 6.72. The maximum Gasteiger partial charge on any atom is 0.338 e. The van der Waals surface area contributed by atoms with E-state index in [0.717, 1.165) is 31.5 Å². The minimum Gasteiger partial charge on any atom is -0.452 e. The fourth-order valence-corrected chi connectivity index (χ4v) is 3.35. The Morgan fingerprint density at radius 3 is 2.66 bits per heavy atom. The highest BCUT2D eigenvalue weighted by molar-refractivity contribution is 5.91. The molecule has 0 N–H and O–H groups in total. The van der Waals surface area contributed by atoms with E-state index in [9.17, 15) is 14.9 Å². The van der Waals surface area contributed by atoms with Crippen LogP contribution >= 0.6 is 0 Å². The molecular weight excluding hydrogens is 374 g/mol. The zero-order chi connectivity index (χ0) is 20.2. The molecule has 2 heterocycles. The summed E-state index contributed by atoms with van der Waals surface area (Å²) in [5.74, 6) is 0.156. The van der Waals surface area contributed by atoms with Crippen LogP contribution in [0.2, 0.25) is 0 Å². The molecule has 1 aliphatic rings. The average molecular weight is 393 g/mol. The molecule has 0 radical (unpaired) electrons. The fourth-order valence-electron chi connectivity index (χ4n) is 3.35. The average Bonchev–Trinajstić information content (AvgIpc) is 3.44. The van der Waals surface area contributed by atoms with Gasteiger partial charge in [0.2, 0.25) is 5.89 Å². The van der Waals surface area contributed by atoms with Gasteiger partial charge in [-0.15, -0.1) is 0 Å². The van der Waals surface area contributed by atoms with Gasteiger partial charge in [0, 0.05) is 24.7 Å². The second-order valence-corrected chi connectivity index (χ2v) is 6.72. The number of nitro groups is 1. The van der Waals surface area contributed by atoms with Gasteiger partial charge in [-0.05, 0) is 25.0 Å². The Morgan fingerprint density at radius 1 is 1.17 bits per heavy atom. The Hall–Kier alpha value is -3.68. The molecule has 0 amide bonds. The first-order chi connectivity index (χ1) is 14.1. The summed E-state index contributed by atoms with van der Waals surface area (Å²) < 4.78 is 10.8. The number of hydrogen-bond acceptors (Lipinski definition) is 7. The van der Waals surface area contributed by atoms with Gasteiger partial charge < -0.3 is 14.1 Å². The maximum atomic E-state index is 12.4. The van der Waals surface area contributed by atoms with Crippen LogP contribution in [0.4, 0.5) is 11.4 Å². The Labute approximate surface area is 166 Å². The number of carbonyl (C=O) groups excluding carboxylic acids is 1. The third kappa shape index (κ3) is 4.11. The normalized spacial score (nSPS) is 13.4. The van der Waals surface area contributed by atoms with Gasteiger partial charge in [-0.2, -0.15) is 0 Å². The van der Waals surface area contributed by atoms with Gasteiger partial charge in [0.05, 0.1) is 16.7 Å². The van der Waals surface area contributed by atoms with Crippen LogP contribution in [0.1, 0.15) is 29.1 Å². The van der Waals surface area contributed by atoms with Crippen molar-refractivity contribution < 1.29 is 18.9 Å². The molecular formula is C21H19N3O5. The summed E-state index contributed by atoms with van der Waals surface area (Å²) in [5.41, 5.74) is 1.42. The molecule has 2 aromatic carbocycles. The molecule has 0 saturated carbocycles. The molecule has 1 aliphatic heterocycles. The number of esters is 1. The lowest BCUT2D eigenvalue weighted by Gasteiger charge is -2.17. The highest BCUT2D eigenvalue weighted by Crippen LogP contribution is 2.32. The van der Waals surface area contributed by atoms with Crippen molar-refractivity contribution in [2.24, 2.45) is 0 Å². The van der Waals surface area contributed by atoms with E-state index in [2.05, 4.69) is 4.98 Å². The number of nitro benzene ring substituents is 1. The predicted octanol–water partition coefficient (Wildman–Crippen LogP) is 4.21. The van der Waals surface area contributed by atoms with Crippen LogP contribution in [0.15, 0.2) is 59.1 Å². The molecule has 29 heavy (non-hydrogen) atoms. The third-order valence-electron chi connectivity index (χ3n) is 4.79. The van der Waals surface area contributed by atoms with Crippen LogP contribution in [0.25, 0.3) is 11.3 Å². The quantitative estimate of drug-likeness (QED) is 0.351. The van der Waals surface area contributed by atoms with Crippen molar-refractivity contribution in [2.75, 3.05) is 18.0 Å². The molecule has 0 spiro atoms. The molecule has 8 nitrogen and oxygen atoms in total. The number of anilines is 1. The molecule has 0 bridgehead atoms. The number of rotatable bonds is 6. The van der Waals surface area contributed by atoms with Crippen molar-refractivity contribution in [3.8, 4) is 11.3 Å². The van der Waals surface area contributed by atoms with E-state index in [-0.39, 0.29) is 23.7 Å². The lowest BCUT2D eigenvalue weighted by molar-refractivity contribution is -0.384. The van der Waals surface area contributed by atoms with E-state index in [0.29, 0.717) is 11.4 Å². The van der Waals surface area contributed by atoms with E-state index < -0.39 is 10.9 Å². The lowest BCUT2D eigenvalue weighted by atomic mass is 10.1. The summed E-state index contributed by atoms with van der Waals surface area (Å²) in [6.07, 6.45) is 3.57. The summed E-state index contributed by atoms with van der Waals surface area (Å²) in [6, 6.07) is 13.9. The summed E-state index contributed by atoms with van der Waals surface area (Å²) in [6.45, 7) is 1.39. The molecule has 148 valence electrons. The summed E-state index contributed by atoms with van der Waals surface area (Å²) >= 11 is 0. The first-order valence-corrected chi connectivity index (χ1v) is 9.32. The zero-order valence-corrected chi connectivity index (χ0v) is 15.6. The van der Waals surface area contributed by atoms with Gasteiger partial charge >= 0.3 is 5.97 Å². The third-order valence-corrected chi connectivity index (χ3v) is 4.79. The van der Waals surface area contributed by atoms with Crippen LogP contribution in [0.3, 0.4) is 0 Å². The minimum absolute atomic E-state index is 0.0937. The van der Waals surface area contributed by atoms with Crippen molar-refractivity contribution in [2.45, 2.75) is 19.4 Å². The fraction of sp³-hybridized carbons (Fsp3) is 0.238. The van der Waals surface area contributed by atoms with E-state index in [1.54, 1.807) is 18.3 Å². The number of nitrogens with zero attached hydrogens (tertiary/aromatic N) is 3. The standard InChI is InChI=1S/C21H19N3O5/c25-21(28-14-20-22-13-19(29-20)15-6-2-1-3-7-15)16-8-9-17(18(12-16)24(26)27)23-10-4-5-11-23/h1-3,6-9,12-13H,4-5,10-11,14H2. The number of aromatic nitrogens is 1. The van der Waals surface area contributed by atoms with Crippen molar-refractivity contribution in [3.05, 3.63) is 76.3 Å². The topological polar surface area (TPSA) is 98.7 Å². The molecule has 4 rings (SSSR count). The molecule has 8 heteroatoms. The van der Waals surface area contributed by atoms with Crippen LogP contribution in [0, 0.1) is 10.1 Å². The highest BCUT2D eigenvalue weighted by atomic mass is 16.6. The Kier molecular flexibility index (Phi) is 5.24. The second kappa shape index (κ2) is 8.14. The first-order valence-electron chi connectivity index (χ1n) is 9.32. The summed E-state index contributed by atoms with van der Waals surface area (Å²) in [4.78, 5) is 29.5. The molecule has 0 unspecified atom stereocenters. The van der Waals surface area contributed by atoms with Gasteiger partial charge in [-0.25, -0.2) is 9.78 Å². The van der Waals surface area contributed by atoms with Crippen molar-refractivity contribution in [3.63, 3.8) is 0 Å². The minimum atomic E-state index is -0.666. The maximum absolute atomic E-state index is 12.4. The van der Waals surface area contributed by atoms with Crippen molar-refractivity contribution >= 4 is 17.3 Å². The van der Waals surface area contributed by atoms with E-state index in [1.807, 2.05) is 35.2 Å². The number of ether oxygens (including phenoxy) is 1. The van der Waals surface area contributed by atoms with Gasteiger partial charge in [0.15, 0.2) is 12.4 Å². The number of oxazole rings is 1. The summed E-state index contributed by atoms with van der Waals surface area (Å²) in [5, 5.41) is 11.5. The van der Waals surface area contributed by atoms with Crippen molar-refractivity contribution in [1.29, 1.82) is 0 Å². The molecule has 1 fully saturated rings. The molecule has 1 aromatic heterocycles. The van der Waals surface area contributed by atoms with Crippen LogP contribution in [-0.4, -0.2) is 29.0 Å². The number of carbonyl (C=O) groups is 1. The van der Waals surface area contributed by atoms with E-state index >= 15 is 0 Å². The Bertz CT molecular complexity index is 1030. The molecule has 0 aliphatic carbocycles. The van der Waals surface area contributed by atoms with Gasteiger partial charge in [0.25, 0.3) is 5.69 Å². The SMILES string of the molecule is O=C(OCc1ncc(-c2ccccc2)o1)c1ccc(N2CCCC2)c([N+](=O)[O-])c1. The molecule has 3 aromatic rings. The highest BCUT2D eigenvalue weighted by Gasteiger charge is 2.24. The lowest BCUT2D eigenvalue weighted by Crippen LogP contribution is -2.19. The van der Waals surface area contributed by atoms with Crippen molar-refractivity contribution in [1.82, 2.24) is 4.98 Å². The number of benzene rings is 2. The van der Waals surface area contributed by atoms with Crippen LogP contribution in [-0.2, 0) is 11.3 Å². The van der Waals surface area contributed by atoms with E-state index in [4.69, 9.17) is 9.15 Å². The van der Waals surface area contributed by atoms with Crippen LogP contribution < -0.4 is 4.90 Å². The van der Waals surface area contributed by atoms with Crippen LogP contribution in [0.5, 0.6) is 0 Å². The largest absolute Gasteiger partial charge is 0.452 e. The first kappa shape index (κ1) is 18.7. The summed E-state index contributed by atoms with van der Waals surface area (Å²) in [7, 11) is 0.